The Labute approximate surface area is 73.4 Å². The van der Waals surface area contributed by atoms with Gasteiger partial charge in [-0.05, 0) is 0 Å². The van der Waals surface area contributed by atoms with Gasteiger partial charge in [-0.1, -0.05) is 0 Å². The van der Waals surface area contributed by atoms with Crippen LogP contribution in [-0.4, -0.2) is 29.5 Å². The van der Waals surface area contributed by atoms with Gasteiger partial charge < -0.3 is 14.8 Å². The summed E-state index contributed by atoms with van der Waals surface area (Å²) in [4.78, 5) is 10.9. The SMILES string of the molecule is N#CCC1CC(F)(F)CN1C(=O)[O-]. The molecule has 72 valence electrons. The van der Waals surface area contributed by atoms with Gasteiger partial charge in [0.15, 0.2) is 0 Å². The quantitative estimate of drug-likeness (QED) is 0.580. The van der Waals surface area contributed by atoms with Crippen LogP contribution < -0.4 is 5.11 Å². The number of carboxylic acid groups (broad SMARTS) is 1. The van der Waals surface area contributed by atoms with E-state index in [2.05, 4.69) is 0 Å². The van der Waals surface area contributed by atoms with Crippen molar-refractivity contribution in [1.82, 2.24) is 4.90 Å². The first-order valence-electron chi connectivity index (χ1n) is 3.69. The van der Waals surface area contributed by atoms with Crippen molar-refractivity contribution >= 4 is 6.09 Å². The first-order chi connectivity index (χ1) is 5.96. The number of likely N-dealkylation sites (tertiary alicyclic amines) is 1. The van der Waals surface area contributed by atoms with Gasteiger partial charge >= 0.3 is 0 Å². The highest BCUT2D eigenvalue weighted by molar-refractivity contribution is 5.63. The first-order valence-corrected chi connectivity index (χ1v) is 3.69. The summed E-state index contributed by atoms with van der Waals surface area (Å²) in [5.74, 6) is -3.03. The average molecular weight is 189 g/mol. The van der Waals surface area contributed by atoms with E-state index in [1.165, 1.54) is 0 Å². The summed E-state index contributed by atoms with van der Waals surface area (Å²) in [5.41, 5.74) is 0. The molecule has 0 radical (unpaired) electrons. The minimum absolute atomic E-state index is 0.219. The van der Waals surface area contributed by atoms with Crippen LogP contribution in [0.3, 0.4) is 0 Å². The lowest BCUT2D eigenvalue weighted by atomic mass is 10.1. The van der Waals surface area contributed by atoms with Crippen molar-refractivity contribution in [2.45, 2.75) is 24.8 Å². The Kier molecular flexibility index (Phi) is 2.36. The molecule has 1 unspecified atom stereocenters. The predicted molar refractivity (Wildman–Crippen MR) is 35.7 cm³/mol. The number of halogens is 2. The third-order valence-corrected chi connectivity index (χ3v) is 1.94. The lowest BCUT2D eigenvalue weighted by Crippen LogP contribution is -2.44. The van der Waals surface area contributed by atoms with Crippen molar-refractivity contribution < 1.29 is 18.7 Å². The van der Waals surface area contributed by atoms with Crippen LogP contribution in [0.15, 0.2) is 0 Å². The van der Waals surface area contributed by atoms with E-state index in [9.17, 15) is 18.7 Å². The van der Waals surface area contributed by atoms with Gasteiger partial charge in [-0.25, -0.2) is 8.78 Å². The van der Waals surface area contributed by atoms with Crippen LogP contribution in [0.4, 0.5) is 13.6 Å². The van der Waals surface area contributed by atoms with Crippen LogP contribution in [0.5, 0.6) is 0 Å². The Hall–Kier alpha value is -1.38. The minimum Gasteiger partial charge on any atom is -0.530 e. The lowest BCUT2D eigenvalue weighted by Gasteiger charge is -2.24. The summed E-state index contributed by atoms with van der Waals surface area (Å²) in [5, 5.41) is 18.6. The van der Waals surface area contributed by atoms with Crippen molar-refractivity contribution in [3.63, 3.8) is 0 Å². The summed E-state index contributed by atoms with van der Waals surface area (Å²) in [7, 11) is 0. The van der Waals surface area contributed by atoms with Crippen molar-refractivity contribution in [1.29, 1.82) is 5.26 Å². The van der Waals surface area contributed by atoms with Crippen LogP contribution in [0, 0.1) is 11.3 Å². The standard InChI is InChI=1S/C7H8F2N2O2/c8-7(9)3-5(1-2-10)11(4-7)6(12)13/h5H,1,3-4H2,(H,12,13)/p-1. The molecule has 0 aromatic rings. The lowest BCUT2D eigenvalue weighted by molar-refractivity contribution is -0.267. The number of rotatable bonds is 1. The molecule has 1 saturated heterocycles. The van der Waals surface area contributed by atoms with Gasteiger partial charge in [-0.2, -0.15) is 5.26 Å². The fourth-order valence-electron chi connectivity index (χ4n) is 1.40. The van der Waals surface area contributed by atoms with E-state index in [1.807, 2.05) is 0 Å². The molecule has 1 rings (SSSR count). The Morgan fingerprint density at radius 3 is 2.85 bits per heavy atom. The van der Waals surface area contributed by atoms with Crippen LogP contribution in [0.25, 0.3) is 0 Å². The Balaban J connectivity index is 2.72. The summed E-state index contributed by atoms with van der Waals surface area (Å²) in [6.07, 6.45) is -2.45. The van der Waals surface area contributed by atoms with Crippen LogP contribution >= 0.6 is 0 Å². The highest BCUT2D eigenvalue weighted by atomic mass is 19.3. The van der Waals surface area contributed by atoms with E-state index in [-0.39, 0.29) is 6.42 Å². The summed E-state index contributed by atoms with van der Waals surface area (Å²) < 4.78 is 25.4. The zero-order valence-corrected chi connectivity index (χ0v) is 6.67. The summed E-state index contributed by atoms with van der Waals surface area (Å²) >= 11 is 0. The van der Waals surface area contributed by atoms with Gasteiger partial charge in [0.1, 0.15) is 6.09 Å². The average Bonchev–Trinajstić information content (AvgIpc) is 2.26. The van der Waals surface area contributed by atoms with Gasteiger partial charge in [0.2, 0.25) is 0 Å². The smallest absolute Gasteiger partial charge is 0.267 e. The van der Waals surface area contributed by atoms with E-state index in [0.29, 0.717) is 4.90 Å². The molecule has 6 heteroatoms. The van der Waals surface area contributed by atoms with E-state index in [0.717, 1.165) is 0 Å². The molecule has 0 bridgehead atoms. The maximum atomic E-state index is 12.7. The van der Waals surface area contributed by atoms with E-state index in [1.54, 1.807) is 6.07 Å². The monoisotopic (exact) mass is 189 g/mol. The highest BCUT2D eigenvalue weighted by Gasteiger charge is 2.44. The van der Waals surface area contributed by atoms with Gasteiger partial charge in [0.25, 0.3) is 5.92 Å². The van der Waals surface area contributed by atoms with Crippen LogP contribution in [0.1, 0.15) is 12.8 Å². The number of carbonyl (C=O) groups excluding carboxylic acids is 1. The number of carbonyl (C=O) groups is 1. The van der Waals surface area contributed by atoms with Gasteiger partial charge in [-0.15, -0.1) is 0 Å². The number of hydrogen-bond donors (Lipinski definition) is 0. The Morgan fingerprint density at radius 1 is 1.77 bits per heavy atom. The molecule has 0 spiro atoms. The molecule has 1 amide bonds. The second-order valence-corrected chi connectivity index (χ2v) is 2.97. The largest absolute Gasteiger partial charge is 0.530 e. The predicted octanol–water partition coefficient (Wildman–Crippen LogP) is -0.0470. The number of nitriles is 1. The van der Waals surface area contributed by atoms with E-state index in [4.69, 9.17) is 5.26 Å². The maximum Gasteiger partial charge on any atom is 0.267 e. The molecular formula is C7H7F2N2O2-. The molecule has 0 aromatic heterocycles. The van der Waals surface area contributed by atoms with Crippen LogP contribution in [-0.2, 0) is 0 Å². The topological polar surface area (TPSA) is 67.2 Å². The minimum atomic E-state index is -3.03. The summed E-state index contributed by atoms with van der Waals surface area (Å²) in [6, 6.07) is 0.740. The highest BCUT2D eigenvalue weighted by Crippen LogP contribution is 2.32. The van der Waals surface area contributed by atoms with E-state index >= 15 is 0 Å². The Bertz CT molecular complexity index is 262. The number of hydrogen-bond acceptors (Lipinski definition) is 3. The zero-order chi connectivity index (χ0) is 10.1. The molecule has 1 heterocycles. The van der Waals surface area contributed by atoms with E-state index < -0.39 is 31.0 Å². The second-order valence-electron chi connectivity index (χ2n) is 2.97. The number of amides is 1. The molecule has 4 nitrogen and oxygen atoms in total. The van der Waals surface area contributed by atoms with Crippen molar-refractivity contribution in [3.05, 3.63) is 0 Å². The van der Waals surface area contributed by atoms with Gasteiger partial charge in [0.05, 0.1) is 19.0 Å². The van der Waals surface area contributed by atoms with Crippen molar-refractivity contribution in [2.24, 2.45) is 0 Å². The molecule has 0 N–H and O–H groups in total. The molecule has 1 aliphatic heterocycles. The molecule has 1 atom stereocenters. The molecule has 13 heavy (non-hydrogen) atoms. The Morgan fingerprint density at radius 2 is 2.38 bits per heavy atom. The third-order valence-electron chi connectivity index (χ3n) is 1.94. The second kappa shape index (κ2) is 3.17. The van der Waals surface area contributed by atoms with Crippen LogP contribution in [0.2, 0.25) is 0 Å². The van der Waals surface area contributed by atoms with Crippen molar-refractivity contribution in [3.8, 4) is 6.07 Å². The van der Waals surface area contributed by atoms with Gasteiger partial charge in [-0.3, -0.25) is 0 Å². The zero-order valence-electron chi connectivity index (χ0n) is 6.67. The molecular weight excluding hydrogens is 182 g/mol. The van der Waals surface area contributed by atoms with Gasteiger partial charge in [0, 0.05) is 12.5 Å². The number of nitrogens with zero attached hydrogens (tertiary/aromatic N) is 2. The fraction of sp³-hybridized carbons (Fsp3) is 0.714. The summed E-state index contributed by atoms with van der Waals surface area (Å²) in [6.45, 7) is -0.859. The van der Waals surface area contributed by atoms with Crippen molar-refractivity contribution in [2.75, 3.05) is 6.54 Å². The number of alkyl halides is 2. The normalized spacial score (nSPS) is 25.6. The third kappa shape index (κ3) is 2.05. The fourth-order valence-corrected chi connectivity index (χ4v) is 1.40. The first kappa shape index (κ1) is 9.71. The molecule has 0 aliphatic carbocycles. The molecule has 0 saturated carbocycles. The molecule has 1 fully saturated rings. The molecule has 1 aliphatic rings. The maximum absolute atomic E-state index is 12.7. The molecule has 0 aromatic carbocycles.